The van der Waals surface area contributed by atoms with Crippen molar-refractivity contribution < 1.29 is 9.63 Å². The highest BCUT2D eigenvalue weighted by atomic mass is 16.7. The summed E-state index contributed by atoms with van der Waals surface area (Å²) in [6, 6.07) is 0. The fourth-order valence-corrected chi connectivity index (χ4v) is 1.98. The van der Waals surface area contributed by atoms with Gasteiger partial charge in [-0.2, -0.15) is 0 Å². The molecular weight excluding hydrogens is 204 g/mol. The number of hydroxylamine groups is 2. The maximum atomic E-state index is 12.1. The lowest BCUT2D eigenvalue weighted by Crippen LogP contribution is -2.43. The van der Waals surface area contributed by atoms with Crippen LogP contribution in [-0.4, -0.2) is 30.7 Å². The maximum absolute atomic E-state index is 12.1. The van der Waals surface area contributed by atoms with Crippen LogP contribution in [0.1, 0.15) is 40.0 Å². The molecule has 1 aliphatic rings. The van der Waals surface area contributed by atoms with Crippen LogP contribution in [0.3, 0.4) is 0 Å². The highest BCUT2D eigenvalue weighted by molar-refractivity contribution is 5.78. The fraction of sp³-hybridized carbons (Fsp3) is 0.917. The molecule has 1 aliphatic heterocycles. The van der Waals surface area contributed by atoms with Crippen LogP contribution < -0.4 is 5.73 Å². The standard InChI is InChI=1S/C12H24N2O2/c1-12(2,3)8-10(9-13)11(15)14-6-4-5-7-16-14/h10H,4-9,13H2,1-3H3. The third-order valence-corrected chi connectivity index (χ3v) is 2.74. The average molecular weight is 228 g/mol. The summed E-state index contributed by atoms with van der Waals surface area (Å²) < 4.78 is 0. The number of rotatable bonds is 3. The van der Waals surface area contributed by atoms with E-state index in [4.69, 9.17) is 10.6 Å². The lowest BCUT2D eigenvalue weighted by Gasteiger charge is -2.31. The average Bonchev–Trinajstić information content (AvgIpc) is 2.25. The summed E-state index contributed by atoms with van der Waals surface area (Å²) in [5.74, 6) is -0.0600. The number of amides is 1. The van der Waals surface area contributed by atoms with Gasteiger partial charge in [0.25, 0.3) is 5.91 Å². The van der Waals surface area contributed by atoms with Crippen molar-refractivity contribution in [3.63, 3.8) is 0 Å². The van der Waals surface area contributed by atoms with Gasteiger partial charge in [0.1, 0.15) is 0 Å². The van der Waals surface area contributed by atoms with E-state index < -0.39 is 0 Å². The Labute approximate surface area is 98.1 Å². The molecule has 1 fully saturated rings. The van der Waals surface area contributed by atoms with E-state index in [0.29, 0.717) is 19.7 Å². The number of nitrogens with zero attached hydrogens (tertiary/aromatic N) is 1. The van der Waals surface area contributed by atoms with Gasteiger partial charge in [-0.05, 0) is 24.7 Å². The Bertz CT molecular complexity index is 230. The molecule has 1 saturated heterocycles. The van der Waals surface area contributed by atoms with Crippen LogP contribution >= 0.6 is 0 Å². The van der Waals surface area contributed by atoms with Crippen molar-refractivity contribution in [2.75, 3.05) is 19.7 Å². The first kappa shape index (κ1) is 13.5. The van der Waals surface area contributed by atoms with Crippen molar-refractivity contribution >= 4 is 5.91 Å². The summed E-state index contributed by atoms with van der Waals surface area (Å²) in [5.41, 5.74) is 5.81. The molecule has 16 heavy (non-hydrogen) atoms. The first-order valence-electron chi connectivity index (χ1n) is 6.08. The number of carbonyl (C=O) groups excluding carboxylic acids is 1. The van der Waals surface area contributed by atoms with E-state index in [9.17, 15) is 4.79 Å². The van der Waals surface area contributed by atoms with Gasteiger partial charge in [-0.25, -0.2) is 5.06 Å². The molecule has 4 nitrogen and oxygen atoms in total. The van der Waals surface area contributed by atoms with Crippen LogP contribution in [0, 0.1) is 11.3 Å². The van der Waals surface area contributed by atoms with Gasteiger partial charge in [-0.15, -0.1) is 0 Å². The molecule has 1 unspecified atom stereocenters. The van der Waals surface area contributed by atoms with Crippen LogP contribution in [0.25, 0.3) is 0 Å². The third kappa shape index (κ3) is 4.10. The van der Waals surface area contributed by atoms with Crippen molar-refractivity contribution in [2.45, 2.75) is 40.0 Å². The summed E-state index contributed by atoms with van der Waals surface area (Å²) in [6.07, 6.45) is 2.87. The molecule has 1 heterocycles. The van der Waals surface area contributed by atoms with Crippen molar-refractivity contribution in [2.24, 2.45) is 17.1 Å². The predicted octanol–water partition coefficient (Wildman–Crippen LogP) is 1.55. The Morgan fingerprint density at radius 1 is 1.44 bits per heavy atom. The molecule has 0 radical (unpaired) electrons. The van der Waals surface area contributed by atoms with Gasteiger partial charge in [0.05, 0.1) is 12.5 Å². The Hall–Kier alpha value is -0.610. The third-order valence-electron chi connectivity index (χ3n) is 2.74. The molecule has 0 spiro atoms. The Morgan fingerprint density at radius 3 is 2.56 bits per heavy atom. The molecule has 0 aromatic rings. The number of nitrogens with two attached hydrogens (primary N) is 1. The van der Waals surface area contributed by atoms with E-state index >= 15 is 0 Å². The van der Waals surface area contributed by atoms with Gasteiger partial charge in [0, 0.05) is 13.1 Å². The summed E-state index contributed by atoms with van der Waals surface area (Å²) in [4.78, 5) is 17.5. The summed E-state index contributed by atoms with van der Waals surface area (Å²) in [6.45, 7) is 8.13. The number of hydrogen-bond acceptors (Lipinski definition) is 3. The minimum absolute atomic E-state index is 0.0529. The van der Waals surface area contributed by atoms with Gasteiger partial charge in [-0.1, -0.05) is 20.8 Å². The molecule has 2 N–H and O–H groups in total. The highest BCUT2D eigenvalue weighted by Gasteiger charge is 2.29. The molecule has 0 aromatic carbocycles. The van der Waals surface area contributed by atoms with Crippen LogP contribution in [-0.2, 0) is 9.63 Å². The second-order valence-electron chi connectivity index (χ2n) is 5.68. The molecule has 1 amide bonds. The van der Waals surface area contributed by atoms with Crippen molar-refractivity contribution in [1.82, 2.24) is 5.06 Å². The maximum Gasteiger partial charge on any atom is 0.250 e. The SMILES string of the molecule is CC(C)(C)CC(CN)C(=O)N1CCCCO1. The summed E-state index contributed by atoms with van der Waals surface area (Å²) in [7, 11) is 0. The summed E-state index contributed by atoms with van der Waals surface area (Å²) in [5, 5.41) is 1.51. The minimum Gasteiger partial charge on any atom is -0.330 e. The zero-order valence-corrected chi connectivity index (χ0v) is 10.7. The van der Waals surface area contributed by atoms with Gasteiger partial charge in [0.15, 0.2) is 0 Å². The second-order valence-corrected chi connectivity index (χ2v) is 5.68. The van der Waals surface area contributed by atoms with Crippen LogP contribution in [0.15, 0.2) is 0 Å². The molecular formula is C12H24N2O2. The molecule has 94 valence electrons. The zero-order valence-electron chi connectivity index (χ0n) is 10.7. The smallest absolute Gasteiger partial charge is 0.250 e. The molecule has 0 aromatic heterocycles. The van der Waals surface area contributed by atoms with E-state index in [2.05, 4.69) is 20.8 Å². The van der Waals surface area contributed by atoms with Gasteiger partial charge in [-0.3, -0.25) is 9.63 Å². The van der Waals surface area contributed by atoms with E-state index in [1.807, 2.05) is 0 Å². The monoisotopic (exact) mass is 228 g/mol. The Kier molecular flexibility index (Phi) is 4.74. The van der Waals surface area contributed by atoms with Crippen molar-refractivity contribution in [1.29, 1.82) is 0 Å². The first-order chi connectivity index (χ1) is 7.44. The van der Waals surface area contributed by atoms with Crippen LogP contribution in [0.2, 0.25) is 0 Å². The second kappa shape index (κ2) is 5.64. The van der Waals surface area contributed by atoms with Gasteiger partial charge >= 0.3 is 0 Å². The van der Waals surface area contributed by atoms with Gasteiger partial charge in [0.2, 0.25) is 0 Å². The van der Waals surface area contributed by atoms with E-state index in [0.717, 1.165) is 19.3 Å². The molecule has 1 atom stereocenters. The lowest BCUT2D eigenvalue weighted by atomic mass is 9.84. The van der Waals surface area contributed by atoms with Crippen molar-refractivity contribution in [3.8, 4) is 0 Å². The molecule has 4 heteroatoms. The quantitative estimate of drug-likeness (QED) is 0.797. The van der Waals surface area contributed by atoms with E-state index in [1.165, 1.54) is 5.06 Å². The van der Waals surface area contributed by atoms with Crippen molar-refractivity contribution in [3.05, 3.63) is 0 Å². The number of hydrogen-bond donors (Lipinski definition) is 1. The first-order valence-corrected chi connectivity index (χ1v) is 6.08. The normalized spacial score (nSPS) is 19.6. The molecule has 0 aliphatic carbocycles. The topological polar surface area (TPSA) is 55.6 Å². The largest absolute Gasteiger partial charge is 0.330 e. The number of carbonyl (C=O) groups is 1. The lowest BCUT2D eigenvalue weighted by molar-refractivity contribution is -0.201. The van der Waals surface area contributed by atoms with Crippen LogP contribution in [0.4, 0.5) is 0 Å². The Balaban J connectivity index is 2.54. The Morgan fingerprint density at radius 2 is 2.12 bits per heavy atom. The van der Waals surface area contributed by atoms with Crippen LogP contribution in [0.5, 0.6) is 0 Å². The molecule has 0 saturated carbocycles. The minimum atomic E-state index is -0.113. The summed E-state index contributed by atoms with van der Waals surface area (Å²) >= 11 is 0. The zero-order chi connectivity index (χ0) is 12.2. The molecule has 1 rings (SSSR count). The van der Waals surface area contributed by atoms with E-state index in [-0.39, 0.29) is 17.2 Å². The van der Waals surface area contributed by atoms with Gasteiger partial charge < -0.3 is 5.73 Å². The molecule has 0 bridgehead atoms. The highest BCUT2D eigenvalue weighted by Crippen LogP contribution is 2.25. The predicted molar refractivity (Wildman–Crippen MR) is 63.5 cm³/mol. The fourth-order valence-electron chi connectivity index (χ4n) is 1.98. The van der Waals surface area contributed by atoms with E-state index in [1.54, 1.807) is 0 Å².